The van der Waals surface area contributed by atoms with E-state index in [9.17, 15) is 21.4 Å². The van der Waals surface area contributed by atoms with Crippen molar-refractivity contribution in [3.63, 3.8) is 0 Å². The van der Waals surface area contributed by atoms with E-state index in [-0.39, 0.29) is 9.79 Å². The molecule has 0 N–H and O–H groups in total. The quantitative estimate of drug-likeness (QED) is 0.192. The van der Waals surface area contributed by atoms with E-state index in [1.165, 1.54) is 48.5 Å². The smallest absolute Gasteiger partial charge is 0.357 e. The summed E-state index contributed by atoms with van der Waals surface area (Å²) in [6, 6.07) is 10.7. The zero-order chi connectivity index (χ0) is 30.8. The van der Waals surface area contributed by atoms with Gasteiger partial charge in [-0.15, -0.1) is 0 Å². The van der Waals surface area contributed by atoms with Crippen LogP contribution in [0.3, 0.4) is 0 Å². The Morgan fingerprint density at radius 2 is 1.00 bits per heavy atom. The average Bonchev–Trinajstić information content (AvgIpc) is 2.98. The molecule has 16 heteroatoms. The normalized spacial score (nSPS) is 17.5. The fourth-order valence-corrected chi connectivity index (χ4v) is 9.27. The Bertz CT molecular complexity index is 1300. The van der Waals surface area contributed by atoms with Crippen LogP contribution >= 0.6 is 7.60 Å². The lowest BCUT2D eigenvalue weighted by Gasteiger charge is -2.26. The second-order valence-corrected chi connectivity index (χ2v) is 15.6. The molecule has 2 saturated heterocycles. The highest BCUT2D eigenvalue weighted by atomic mass is 32.2. The molecule has 240 valence electrons. The van der Waals surface area contributed by atoms with Crippen molar-refractivity contribution in [3.05, 3.63) is 48.5 Å². The van der Waals surface area contributed by atoms with Gasteiger partial charge in [0.1, 0.15) is 11.5 Å². The topological polar surface area (TPSA) is 147 Å². The lowest BCUT2D eigenvalue weighted by Crippen LogP contribution is -2.37. The van der Waals surface area contributed by atoms with E-state index in [4.69, 9.17) is 26.9 Å². The van der Waals surface area contributed by atoms with Gasteiger partial charge in [-0.05, 0) is 61.4 Å². The van der Waals surface area contributed by atoms with Crippen LogP contribution in [0.1, 0.15) is 12.8 Å². The van der Waals surface area contributed by atoms with E-state index in [1.54, 1.807) is 0 Å². The number of morpholine rings is 2. The number of ether oxygens (including phenoxy) is 4. The number of rotatable bonds is 16. The van der Waals surface area contributed by atoms with Gasteiger partial charge in [-0.1, -0.05) is 0 Å². The van der Waals surface area contributed by atoms with Crippen LogP contribution in [-0.2, 0) is 42.2 Å². The van der Waals surface area contributed by atoms with Crippen LogP contribution < -0.4 is 9.47 Å². The molecule has 0 aliphatic carbocycles. The monoisotopic (exact) mass is 662 g/mol. The molecule has 0 amide bonds. The molecule has 13 nitrogen and oxygen atoms in total. The summed E-state index contributed by atoms with van der Waals surface area (Å²) >= 11 is 0. The first-order valence-electron chi connectivity index (χ1n) is 14.1. The SMILES string of the molecule is CP(=O)(OS(=O)(=O)c1ccc(OCCCN2CCOCC2)cc1)OS(=O)(=O)c1ccc(OCCCN2CCOCC2)cc1. The number of benzene rings is 2. The predicted octanol–water partition coefficient (Wildman–Crippen LogP) is 2.82. The molecule has 4 rings (SSSR count). The number of hydrogen-bond donors (Lipinski definition) is 0. The van der Waals surface area contributed by atoms with Crippen molar-refractivity contribution in [2.45, 2.75) is 22.6 Å². The molecule has 2 aromatic rings. The minimum absolute atomic E-state index is 0.327. The third kappa shape index (κ3) is 11.1. The van der Waals surface area contributed by atoms with Gasteiger partial charge < -0.3 is 18.9 Å². The second-order valence-electron chi connectivity index (χ2n) is 10.1. The van der Waals surface area contributed by atoms with Gasteiger partial charge in [0.15, 0.2) is 0 Å². The van der Waals surface area contributed by atoms with Crippen LogP contribution in [0.25, 0.3) is 0 Å². The second kappa shape index (κ2) is 15.8. The lowest BCUT2D eigenvalue weighted by atomic mass is 10.3. The summed E-state index contributed by atoms with van der Waals surface area (Å²) in [7, 11) is -13.9. The Morgan fingerprint density at radius 1 is 0.651 bits per heavy atom. The van der Waals surface area contributed by atoms with Crippen molar-refractivity contribution in [1.29, 1.82) is 0 Å². The lowest BCUT2D eigenvalue weighted by molar-refractivity contribution is 0.0357. The van der Waals surface area contributed by atoms with E-state index < -0.39 is 27.8 Å². The zero-order valence-electron chi connectivity index (χ0n) is 24.2. The van der Waals surface area contributed by atoms with Gasteiger partial charge in [0, 0.05) is 45.9 Å². The van der Waals surface area contributed by atoms with Crippen LogP contribution in [0.15, 0.2) is 58.3 Å². The van der Waals surface area contributed by atoms with E-state index in [0.29, 0.717) is 24.7 Å². The summed E-state index contributed by atoms with van der Waals surface area (Å²) in [5.74, 6) is 0.896. The Hall–Kier alpha value is -2.07. The summed E-state index contributed by atoms with van der Waals surface area (Å²) in [4.78, 5) is 3.91. The summed E-state index contributed by atoms with van der Waals surface area (Å²) in [5.41, 5.74) is 0. The van der Waals surface area contributed by atoms with E-state index in [1.807, 2.05) is 0 Å². The molecule has 0 atom stereocenters. The van der Waals surface area contributed by atoms with Crippen molar-refractivity contribution in [1.82, 2.24) is 9.80 Å². The van der Waals surface area contributed by atoms with Crippen molar-refractivity contribution in [2.75, 3.05) is 85.6 Å². The van der Waals surface area contributed by atoms with E-state index in [2.05, 4.69) is 9.80 Å². The molecule has 0 spiro atoms. The van der Waals surface area contributed by atoms with Crippen LogP contribution in [0.2, 0.25) is 0 Å². The summed E-state index contributed by atoms with van der Waals surface area (Å²) in [6.45, 7) is 9.83. The first-order chi connectivity index (χ1) is 20.5. The third-order valence-corrected chi connectivity index (χ3v) is 12.1. The fourth-order valence-electron chi connectivity index (χ4n) is 4.47. The van der Waals surface area contributed by atoms with E-state index in [0.717, 1.165) is 85.2 Å². The number of hydrogen-bond acceptors (Lipinski definition) is 13. The van der Waals surface area contributed by atoms with Crippen LogP contribution in [0.5, 0.6) is 11.5 Å². The maximum absolute atomic E-state index is 12.9. The van der Waals surface area contributed by atoms with Crippen LogP contribution in [-0.4, -0.2) is 112 Å². The maximum Gasteiger partial charge on any atom is 0.357 e. The van der Waals surface area contributed by atoms with Crippen molar-refractivity contribution >= 4 is 27.8 Å². The molecule has 0 unspecified atom stereocenters. The molecular weight excluding hydrogens is 623 g/mol. The Labute approximate surface area is 253 Å². The molecule has 0 radical (unpaired) electrons. The number of nitrogens with zero attached hydrogens (tertiary/aromatic N) is 2. The fraction of sp³-hybridized carbons (Fsp3) is 0.556. The van der Waals surface area contributed by atoms with Gasteiger partial charge in [0.2, 0.25) is 0 Å². The van der Waals surface area contributed by atoms with Gasteiger partial charge in [-0.25, -0.2) is 0 Å². The highest BCUT2D eigenvalue weighted by molar-refractivity contribution is 7.95. The van der Waals surface area contributed by atoms with Crippen molar-refractivity contribution in [2.24, 2.45) is 0 Å². The van der Waals surface area contributed by atoms with E-state index >= 15 is 0 Å². The molecule has 2 aromatic carbocycles. The first-order valence-corrected chi connectivity index (χ1v) is 18.9. The highest BCUT2D eigenvalue weighted by Gasteiger charge is 2.34. The summed E-state index contributed by atoms with van der Waals surface area (Å²) in [5, 5.41) is 0. The summed E-state index contributed by atoms with van der Waals surface area (Å²) < 4.78 is 95.3. The first kappa shape index (κ1) is 33.8. The average molecular weight is 663 g/mol. The van der Waals surface area contributed by atoms with Crippen molar-refractivity contribution in [3.8, 4) is 11.5 Å². The third-order valence-electron chi connectivity index (χ3n) is 6.67. The molecule has 0 bridgehead atoms. The largest absolute Gasteiger partial charge is 0.494 e. The van der Waals surface area contributed by atoms with Gasteiger partial charge >= 0.3 is 27.8 Å². The highest BCUT2D eigenvalue weighted by Crippen LogP contribution is 2.49. The standard InChI is InChI=1S/C27H39N2O11PS2/c1-41(30,39-42(31,32)26-8-4-24(5-9-26)37-18-2-12-28-14-20-35-21-15-28)40-43(33,34)27-10-6-25(7-11-27)38-19-3-13-29-16-22-36-23-17-29/h4-11H,2-3,12-23H2,1H3. The molecule has 2 aliphatic heterocycles. The Morgan fingerprint density at radius 3 is 1.35 bits per heavy atom. The predicted molar refractivity (Wildman–Crippen MR) is 158 cm³/mol. The molecule has 0 saturated carbocycles. The maximum atomic E-state index is 12.9. The van der Waals surface area contributed by atoms with Gasteiger partial charge in [-0.2, -0.15) is 24.8 Å². The zero-order valence-corrected chi connectivity index (χ0v) is 26.7. The Kier molecular flexibility index (Phi) is 12.4. The summed E-state index contributed by atoms with van der Waals surface area (Å²) in [6.07, 6.45) is 1.58. The Balaban J connectivity index is 1.23. The molecule has 0 aromatic heterocycles. The van der Waals surface area contributed by atoms with Crippen molar-refractivity contribution < 1.29 is 48.3 Å². The molecular formula is C27H39N2O11PS2. The molecule has 2 heterocycles. The molecule has 43 heavy (non-hydrogen) atoms. The van der Waals surface area contributed by atoms with Gasteiger partial charge in [0.25, 0.3) is 0 Å². The minimum Gasteiger partial charge on any atom is -0.494 e. The van der Waals surface area contributed by atoms with Crippen LogP contribution in [0.4, 0.5) is 0 Å². The van der Waals surface area contributed by atoms with Gasteiger partial charge in [-0.3, -0.25) is 14.4 Å². The van der Waals surface area contributed by atoms with Crippen LogP contribution in [0, 0.1) is 0 Å². The molecule has 2 aliphatic rings. The van der Waals surface area contributed by atoms with Gasteiger partial charge in [0.05, 0.1) is 49.4 Å². The minimum atomic E-state index is -4.63. The molecule has 2 fully saturated rings.